The van der Waals surface area contributed by atoms with E-state index in [1.165, 1.54) is 4.90 Å². The van der Waals surface area contributed by atoms with E-state index in [0.29, 0.717) is 19.5 Å². The van der Waals surface area contributed by atoms with Crippen LogP contribution in [0.3, 0.4) is 0 Å². The number of carboxylic acid groups (broad SMARTS) is 1. The van der Waals surface area contributed by atoms with Crippen LogP contribution in [0.5, 0.6) is 0 Å². The van der Waals surface area contributed by atoms with Gasteiger partial charge in [-0.2, -0.15) is 0 Å². The van der Waals surface area contributed by atoms with E-state index in [9.17, 15) is 19.5 Å². The summed E-state index contributed by atoms with van der Waals surface area (Å²) in [6.45, 7) is 9.00. The second kappa shape index (κ2) is 14.0. The van der Waals surface area contributed by atoms with Crippen LogP contribution in [0, 0.1) is 12.3 Å². The fourth-order valence-corrected chi connectivity index (χ4v) is 5.71. The van der Waals surface area contributed by atoms with Crippen molar-refractivity contribution in [2.75, 3.05) is 13.1 Å². The van der Waals surface area contributed by atoms with E-state index in [0.717, 1.165) is 41.0 Å². The quantitative estimate of drug-likeness (QED) is 0.276. The molecule has 4 N–H and O–H groups in total. The Morgan fingerprint density at radius 1 is 1.13 bits per heavy atom. The molecule has 1 saturated heterocycles. The molecule has 0 saturated carbocycles. The molecule has 1 fully saturated rings. The van der Waals surface area contributed by atoms with E-state index in [4.69, 9.17) is 5.11 Å². The Morgan fingerprint density at radius 3 is 2.44 bits per heavy atom. The molecule has 3 atom stereocenters. The second-order valence-electron chi connectivity index (χ2n) is 11.4. The van der Waals surface area contributed by atoms with Crippen molar-refractivity contribution in [3.05, 3.63) is 41.0 Å². The molecule has 9 nitrogen and oxygen atoms in total. The van der Waals surface area contributed by atoms with Gasteiger partial charge in [-0.15, -0.1) is 11.3 Å². The number of nitrogens with zero attached hydrogens (tertiary/aromatic N) is 2. The molecule has 1 aromatic carbocycles. The van der Waals surface area contributed by atoms with Gasteiger partial charge in [-0.1, -0.05) is 57.9 Å². The van der Waals surface area contributed by atoms with Crippen molar-refractivity contribution in [3.63, 3.8) is 0 Å². The van der Waals surface area contributed by atoms with E-state index < -0.39 is 29.6 Å². The molecule has 0 bridgehead atoms. The summed E-state index contributed by atoms with van der Waals surface area (Å²) in [5.74, 6) is -1.24. The molecule has 0 spiro atoms. The summed E-state index contributed by atoms with van der Waals surface area (Å²) in [5.41, 5.74) is 4.45. The third kappa shape index (κ3) is 8.84. The summed E-state index contributed by atoms with van der Waals surface area (Å²) in [6.07, 6.45) is 2.82. The molecule has 1 aromatic heterocycles. The number of likely N-dealkylation sites (tertiary alicyclic amines) is 1. The van der Waals surface area contributed by atoms with Crippen LogP contribution in [0.25, 0.3) is 10.4 Å². The average molecular weight is 559 g/mol. The van der Waals surface area contributed by atoms with E-state index in [1.54, 1.807) is 11.3 Å². The third-order valence-corrected chi connectivity index (χ3v) is 8.05. The highest BCUT2D eigenvalue weighted by Crippen LogP contribution is 2.28. The zero-order chi connectivity index (χ0) is 28.6. The summed E-state index contributed by atoms with van der Waals surface area (Å²) in [7, 11) is 0. The maximum atomic E-state index is 13.6. The van der Waals surface area contributed by atoms with Crippen LogP contribution < -0.4 is 10.6 Å². The van der Waals surface area contributed by atoms with Gasteiger partial charge in [0.05, 0.1) is 28.2 Å². The second-order valence-corrected chi connectivity index (χ2v) is 12.2. The number of hydrogen-bond acceptors (Lipinski definition) is 7. The van der Waals surface area contributed by atoms with Gasteiger partial charge in [-0.25, -0.2) is 4.98 Å². The molecule has 2 amide bonds. The largest absolute Gasteiger partial charge is 0.481 e. The first-order valence-electron chi connectivity index (χ1n) is 13.7. The number of carbonyl (C=O) groups excluding carboxylic acids is 2. The van der Waals surface area contributed by atoms with Crippen LogP contribution in [0.4, 0.5) is 0 Å². The molecular weight excluding hydrogens is 516 g/mol. The Kier molecular flexibility index (Phi) is 11.0. The smallest absolute Gasteiger partial charge is 0.303 e. The summed E-state index contributed by atoms with van der Waals surface area (Å²) < 4.78 is 0. The SMILES string of the molecule is Cc1ncsc1-c1ccc(CNC(=O)C2CC(O)CN2C(=O)C(NCCCCCCC(=O)O)C(C)(C)C)cc1. The van der Waals surface area contributed by atoms with Crippen LogP contribution in [-0.2, 0) is 20.9 Å². The lowest BCUT2D eigenvalue weighted by molar-refractivity contribution is -0.142. The number of rotatable bonds is 13. The first-order valence-corrected chi connectivity index (χ1v) is 14.6. The molecule has 2 heterocycles. The highest BCUT2D eigenvalue weighted by molar-refractivity contribution is 7.13. The molecule has 1 aliphatic heterocycles. The van der Waals surface area contributed by atoms with Crippen molar-refractivity contribution in [2.45, 2.75) is 91.0 Å². The number of unbranched alkanes of at least 4 members (excludes halogenated alkanes) is 3. The first kappa shape index (κ1) is 30.7. The van der Waals surface area contributed by atoms with Crippen LogP contribution in [0.1, 0.15) is 70.6 Å². The summed E-state index contributed by atoms with van der Waals surface area (Å²) in [5, 5.41) is 25.5. The van der Waals surface area contributed by atoms with Gasteiger partial charge in [0.2, 0.25) is 11.8 Å². The highest BCUT2D eigenvalue weighted by Gasteiger charge is 2.43. The summed E-state index contributed by atoms with van der Waals surface area (Å²) in [4.78, 5) is 44.4. The normalized spacial score (nSPS) is 18.2. The molecule has 10 heteroatoms. The first-order chi connectivity index (χ1) is 18.5. The van der Waals surface area contributed by atoms with E-state index in [1.807, 2.05) is 57.5 Å². The number of thiazole rings is 1. The predicted octanol–water partition coefficient (Wildman–Crippen LogP) is 3.74. The van der Waals surface area contributed by atoms with Crippen molar-refractivity contribution in [1.82, 2.24) is 20.5 Å². The van der Waals surface area contributed by atoms with Crippen LogP contribution in [-0.4, -0.2) is 69.2 Å². The molecule has 3 rings (SSSR count). The van der Waals surface area contributed by atoms with Crippen LogP contribution in [0.15, 0.2) is 29.8 Å². The van der Waals surface area contributed by atoms with Crippen molar-refractivity contribution >= 4 is 29.1 Å². The Bertz CT molecular complexity index is 1110. The number of carboxylic acids is 1. The fraction of sp³-hybridized carbons (Fsp3) is 0.586. The van der Waals surface area contributed by atoms with Crippen LogP contribution >= 0.6 is 11.3 Å². The monoisotopic (exact) mass is 558 g/mol. The van der Waals surface area contributed by atoms with Gasteiger partial charge in [0, 0.05) is 25.9 Å². The molecule has 214 valence electrons. The standard InChI is InChI=1S/C29H42N4O5S/c1-19-25(39-18-32-19)21-12-10-20(11-13-21)16-31-27(37)23-15-22(34)17-33(23)28(38)26(29(2,3)4)30-14-8-6-5-7-9-24(35)36/h10-13,18,22-23,26,30,34H,5-9,14-17H2,1-4H3,(H,31,37)(H,35,36). The van der Waals surface area contributed by atoms with Gasteiger partial charge < -0.3 is 25.7 Å². The van der Waals surface area contributed by atoms with Gasteiger partial charge >= 0.3 is 5.97 Å². The molecular formula is C29H42N4O5S. The minimum absolute atomic E-state index is 0.128. The number of amides is 2. The number of carbonyl (C=O) groups is 3. The van der Waals surface area contributed by atoms with Crippen LogP contribution in [0.2, 0.25) is 0 Å². The van der Waals surface area contributed by atoms with Gasteiger partial charge in [0.15, 0.2) is 0 Å². The van der Waals surface area contributed by atoms with Crippen molar-refractivity contribution in [1.29, 1.82) is 0 Å². The van der Waals surface area contributed by atoms with Crippen molar-refractivity contribution in [3.8, 4) is 10.4 Å². The fourth-order valence-electron chi connectivity index (χ4n) is 4.90. The summed E-state index contributed by atoms with van der Waals surface area (Å²) >= 11 is 1.59. The van der Waals surface area contributed by atoms with Gasteiger partial charge in [0.25, 0.3) is 0 Å². The minimum atomic E-state index is -0.780. The highest BCUT2D eigenvalue weighted by atomic mass is 32.1. The van der Waals surface area contributed by atoms with E-state index in [2.05, 4.69) is 15.6 Å². The molecule has 1 aliphatic rings. The van der Waals surface area contributed by atoms with Crippen molar-refractivity contribution < 1.29 is 24.6 Å². The number of aliphatic carboxylic acids is 1. The number of nitrogens with one attached hydrogen (secondary N) is 2. The Balaban J connectivity index is 1.56. The van der Waals surface area contributed by atoms with E-state index in [-0.39, 0.29) is 31.2 Å². The average Bonchev–Trinajstić information content (AvgIpc) is 3.48. The van der Waals surface area contributed by atoms with Gasteiger partial charge in [-0.05, 0) is 42.9 Å². The zero-order valence-electron chi connectivity index (χ0n) is 23.4. The topological polar surface area (TPSA) is 132 Å². The molecule has 0 aliphatic carbocycles. The molecule has 0 radical (unpaired) electrons. The maximum Gasteiger partial charge on any atom is 0.303 e. The minimum Gasteiger partial charge on any atom is -0.481 e. The number of benzene rings is 1. The van der Waals surface area contributed by atoms with Crippen molar-refractivity contribution in [2.24, 2.45) is 5.41 Å². The molecule has 2 aromatic rings. The Labute approximate surface area is 235 Å². The maximum absolute atomic E-state index is 13.6. The number of aliphatic hydroxyl groups excluding tert-OH is 1. The number of aromatic nitrogens is 1. The summed E-state index contributed by atoms with van der Waals surface area (Å²) in [6, 6.07) is 6.74. The Hall–Kier alpha value is -2.82. The number of aryl methyl sites for hydroxylation is 1. The van der Waals surface area contributed by atoms with E-state index >= 15 is 0 Å². The lowest BCUT2D eigenvalue weighted by atomic mass is 9.85. The van der Waals surface area contributed by atoms with Gasteiger partial charge in [-0.3, -0.25) is 14.4 Å². The van der Waals surface area contributed by atoms with Gasteiger partial charge in [0.1, 0.15) is 6.04 Å². The molecule has 3 unspecified atom stereocenters. The Morgan fingerprint density at radius 2 is 1.82 bits per heavy atom. The number of aliphatic hydroxyl groups is 1. The molecule has 39 heavy (non-hydrogen) atoms. The lowest BCUT2D eigenvalue weighted by Gasteiger charge is -2.35. The number of β-amino-alcohol motifs (C(OH)–C–C–N with tert-alkyl or cyclic N) is 1. The number of hydrogen-bond donors (Lipinski definition) is 4. The lowest BCUT2D eigenvalue weighted by Crippen LogP contribution is -2.56. The third-order valence-electron chi connectivity index (χ3n) is 7.07. The predicted molar refractivity (Wildman–Crippen MR) is 152 cm³/mol. The zero-order valence-corrected chi connectivity index (χ0v) is 24.2.